The van der Waals surface area contributed by atoms with Crippen LogP contribution in [-0.2, 0) is 4.74 Å². The van der Waals surface area contributed by atoms with Crippen LogP contribution in [0.15, 0.2) is 0 Å². The van der Waals surface area contributed by atoms with Crippen LogP contribution in [0.3, 0.4) is 0 Å². The van der Waals surface area contributed by atoms with Crippen LogP contribution in [0.5, 0.6) is 0 Å². The third-order valence-electron chi connectivity index (χ3n) is 6.48. The summed E-state index contributed by atoms with van der Waals surface area (Å²) in [5, 5.41) is 0. The number of rotatable bonds is 2. The Morgan fingerprint density at radius 1 is 0.944 bits per heavy atom. The summed E-state index contributed by atoms with van der Waals surface area (Å²) < 4.78 is 5.55. The van der Waals surface area contributed by atoms with Crippen LogP contribution < -0.4 is 5.73 Å². The third-order valence-corrected chi connectivity index (χ3v) is 6.48. The Morgan fingerprint density at radius 2 is 1.50 bits per heavy atom. The van der Waals surface area contributed by atoms with E-state index < -0.39 is 0 Å². The van der Waals surface area contributed by atoms with E-state index in [2.05, 4.69) is 4.90 Å². The zero-order valence-corrected chi connectivity index (χ0v) is 11.3. The molecule has 4 aliphatic carbocycles. The van der Waals surface area contributed by atoms with Crippen LogP contribution in [-0.4, -0.2) is 43.3 Å². The Bertz CT molecular complexity index is 291. The molecule has 3 heteroatoms. The summed E-state index contributed by atoms with van der Waals surface area (Å²) in [6.07, 6.45) is 7.36. The second kappa shape index (κ2) is 4.19. The molecular weight excluding hydrogens is 224 g/mol. The van der Waals surface area contributed by atoms with Gasteiger partial charge in [-0.3, -0.25) is 4.90 Å². The number of ether oxygens (including phenoxy) is 1. The highest BCUT2D eigenvalue weighted by Crippen LogP contribution is 2.59. The summed E-state index contributed by atoms with van der Waals surface area (Å²) in [5.41, 5.74) is 6.68. The first-order valence-corrected chi connectivity index (χ1v) is 7.86. The molecular formula is C15H26N2O. The number of nitrogens with two attached hydrogens (primary N) is 1. The van der Waals surface area contributed by atoms with E-state index in [1.807, 2.05) is 0 Å². The van der Waals surface area contributed by atoms with Gasteiger partial charge in [-0.15, -0.1) is 0 Å². The second-order valence-corrected chi connectivity index (χ2v) is 7.10. The molecule has 5 fully saturated rings. The van der Waals surface area contributed by atoms with Crippen molar-refractivity contribution in [3.8, 4) is 0 Å². The van der Waals surface area contributed by atoms with Crippen LogP contribution in [0.25, 0.3) is 0 Å². The van der Waals surface area contributed by atoms with Gasteiger partial charge in [0.2, 0.25) is 0 Å². The van der Waals surface area contributed by atoms with Crippen molar-refractivity contribution >= 4 is 0 Å². The van der Waals surface area contributed by atoms with E-state index in [4.69, 9.17) is 10.5 Å². The van der Waals surface area contributed by atoms with Crippen LogP contribution in [0.2, 0.25) is 0 Å². The molecule has 5 rings (SSSR count). The molecule has 2 N–H and O–H groups in total. The minimum absolute atomic E-state index is 0.344. The number of nitrogens with zero attached hydrogens (tertiary/aromatic N) is 1. The van der Waals surface area contributed by atoms with Crippen molar-refractivity contribution in [2.24, 2.45) is 29.4 Å². The van der Waals surface area contributed by atoms with Crippen molar-refractivity contribution in [2.75, 3.05) is 32.8 Å². The highest BCUT2D eigenvalue weighted by molar-refractivity contribution is 5.12. The van der Waals surface area contributed by atoms with Crippen molar-refractivity contribution in [3.63, 3.8) is 0 Å². The minimum atomic E-state index is 0.344. The molecule has 3 nitrogen and oxygen atoms in total. The van der Waals surface area contributed by atoms with E-state index in [1.54, 1.807) is 0 Å². The van der Waals surface area contributed by atoms with Gasteiger partial charge in [-0.05, 0) is 55.8 Å². The van der Waals surface area contributed by atoms with Crippen molar-refractivity contribution in [2.45, 2.75) is 37.6 Å². The molecule has 0 aromatic heterocycles. The molecule has 0 atom stereocenters. The van der Waals surface area contributed by atoms with Crippen LogP contribution in [0.1, 0.15) is 32.1 Å². The van der Waals surface area contributed by atoms with Crippen molar-refractivity contribution in [1.82, 2.24) is 4.90 Å². The molecule has 1 saturated heterocycles. The largest absolute Gasteiger partial charge is 0.379 e. The zero-order chi connectivity index (χ0) is 12.2. The molecule has 0 unspecified atom stereocenters. The molecule has 1 aliphatic heterocycles. The average molecular weight is 250 g/mol. The Kier molecular flexibility index (Phi) is 2.72. The maximum atomic E-state index is 6.34. The van der Waals surface area contributed by atoms with Gasteiger partial charge >= 0.3 is 0 Å². The molecule has 5 aliphatic rings. The minimum Gasteiger partial charge on any atom is -0.379 e. The fraction of sp³-hybridized carbons (Fsp3) is 1.00. The first-order chi connectivity index (χ1) is 8.83. The standard InChI is InChI=1S/C15H26N2O/c16-10-15(17-1-3-18-4-2-17)13-6-11-5-12(8-13)9-14(15)7-11/h11-14H,1-10,16H2. The summed E-state index contributed by atoms with van der Waals surface area (Å²) in [5.74, 6) is 3.84. The fourth-order valence-electron chi connectivity index (χ4n) is 5.96. The van der Waals surface area contributed by atoms with Crippen LogP contribution >= 0.6 is 0 Å². The highest BCUT2D eigenvalue weighted by atomic mass is 16.5. The van der Waals surface area contributed by atoms with E-state index in [0.29, 0.717) is 5.54 Å². The summed E-state index contributed by atoms with van der Waals surface area (Å²) in [7, 11) is 0. The van der Waals surface area contributed by atoms with Crippen LogP contribution in [0.4, 0.5) is 0 Å². The fourth-order valence-corrected chi connectivity index (χ4v) is 5.96. The molecule has 18 heavy (non-hydrogen) atoms. The predicted octanol–water partition coefficient (Wildman–Crippen LogP) is 1.47. The lowest BCUT2D eigenvalue weighted by Crippen LogP contribution is -2.70. The molecule has 0 aromatic rings. The van der Waals surface area contributed by atoms with E-state index in [0.717, 1.165) is 56.5 Å². The predicted molar refractivity (Wildman–Crippen MR) is 71.2 cm³/mol. The number of hydrogen-bond acceptors (Lipinski definition) is 3. The molecule has 102 valence electrons. The van der Waals surface area contributed by atoms with E-state index in [1.165, 1.54) is 32.1 Å². The maximum Gasteiger partial charge on any atom is 0.0594 e. The van der Waals surface area contributed by atoms with Crippen molar-refractivity contribution in [3.05, 3.63) is 0 Å². The molecule has 0 spiro atoms. The molecule has 0 amide bonds. The Balaban J connectivity index is 1.66. The Hall–Kier alpha value is -0.120. The lowest BCUT2D eigenvalue weighted by atomic mass is 9.48. The number of hydrogen-bond donors (Lipinski definition) is 1. The van der Waals surface area contributed by atoms with Gasteiger partial charge in [-0.1, -0.05) is 0 Å². The lowest BCUT2D eigenvalue weighted by Gasteiger charge is -2.65. The normalized spacial score (nSPS) is 51.8. The maximum absolute atomic E-state index is 6.34. The molecule has 0 aromatic carbocycles. The zero-order valence-electron chi connectivity index (χ0n) is 11.3. The second-order valence-electron chi connectivity index (χ2n) is 7.10. The van der Waals surface area contributed by atoms with Gasteiger partial charge < -0.3 is 10.5 Å². The van der Waals surface area contributed by atoms with Gasteiger partial charge in [0.25, 0.3) is 0 Å². The van der Waals surface area contributed by atoms with E-state index in [-0.39, 0.29) is 0 Å². The topological polar surface area (TPSA) is 38.5 Å². The van der Waals surface area contributed by atoms with Gasteiger partial charge in [0.15, 0.2) is 0 Å². The van der Waals surface area contributed by atoms with Crippen LogP contribution in [0, 0.1) is 23.7 Å². The number of morpholine rings is 1. The SMILES string of the molecule is NCC1(N2CCOCC2)C2CC3CC(C2)CC1C3. The van der Waals surface area contributed by atoms with Gasteiger partial charge in [0.1, 0.15) is 0 Å². The smallest absolute Gasteiger partial charge is 0.0594 e. The molecule has 0 radical (unpaired) electrons. The molecule has 1 heterocycles. The molecule has 4 bridgehead atoms. The summed E-state index contributed by atoms with van der Waals surface area (Å²) in [4.78, 5) is 2.73. The Labute approximate surface area is 110 Å². The quantitative estimate of drug-likeness (QED) is 0.806. The summed E-state index contributed by atoms with van der Waals surface area (Å²) >= 11 is 0. The lowest BCUT2D eigenvalue weighted by molar-refractivity contribution is -0.151. The van der Waals surface area contributed by atoms with Gasteiger partial charge in [0, 0.05) is 25.2 Å². The van der Waals surface area contributed by atoms with Crippen molar-refractivity contribution < 1.29 is 4.74 Å². The highest BCUT2D eigenvalue weighted by Gasteiger charge is 2.58. The van der Waals surface area contributed by atoms with E-state index in [9.17, 15) is 0 Å². The van der Waals surface area contributed by atoms with Crippen molar-refractivity contribution in [1.29, 1.82) is 0 Å². The summed E-state index contributed by atoms with van der Waals surface area (Å²) in [6.45, 7) is 4.92. The first kappa shape index (κ1) is 11.7. The summed E-state index contributed by atoms with van der Waals surface area (Å²) in [6, 6.07) is 0. The monoisotopic (exact) mass is 250 g/mol. The van der Waals surface area contributed by atoms with Gasteiger partial charge in [0.05, 0.1) is 13.2 Å². The molecule has 4 saturated carbocycles. The first-order valence-electron chi connectivity index (χ1n) is 7.86. The van der Waals surface area contributed by atoms with Gasteiger partial charge in [-0.2, -0.15) is 0 Å². The van der Waals surface area contributed by atoms with E-state index >= 15 is 0 Å². The average Bonchev–Trinajstić information content (AvgIpc) is 2.40. The van der Waals surface area contributed by atoms with Gasteiger partial charge in [-0.25, -0.2) is 0 Å². The Morgan fingerprint density at radius 3 is 2.00 bits per heavy atom. The third kappa shape index (κ3) is 1.47.